The van der Waals surface area contributed by atoms with Crippen LogP contribution in [0.25, 0.3) is 21.8 Å². The van der Waals surface area contributed by atoms with Gasteiger partial charge in [0.25, 0.3) is 0 Å². The number of carbonyl (C=O) groups is 1. The predicted molar refractivity (Wildman–Crippen MR) is 128 cm³/mol. The Bertz CT molecular complexity index is 1420. The number of esters is 1. The fourth-order valence-electron chi connectivity index (χ4n) is 3.67. The molecule has 0 radical (unpaired) electrons. The Labute approximate surface area is 190 Å². The van der Waals surface area contributed by atoms with Crippen LogP contribution in [-0.4, -0.2) is 36.8 Å². The Hall–Kier alpha value is -3.04. The third-order valence-corrected chi connectivity index (χ3v) is 6.84. The van der Waals surface area contributed by atoms with Crippen molar-refractivity contribution in [2.24, 2.45) is 0 Å². The minimum absolute atomic E-state index is 0.0728. The van der Waals surface area contributed by atoms with Crippen LogP contribution in [0, 0.1) is 6.92 Å². The summed E-state index contributed by atoms with van der Waals surface area (Å²) in [5.74, 6) is -0.325. The minimum atomic E-state index is -3.42. The van der Waals surface area contributed by atoms with Gasteiger partial charge in [0.15, 0.2) is 0 Å². The average molecular weight is 470 g/mol. The van der Waals surface area contributed by atoms with Gasteiger partial charge in [0.1, 0.15) is 6.54 Å². The number of pyridine rings is 1. The van der Waals surface area contributed by atoms with Gasteiger partial charge < -0.3 is 9.30 Å². The average Bonchev–Trinajstić information content (AvgIpc) is 2.98. The summed E-state index contributed by atoms with van der Waals surface area (Å²) >= 11 is 1.55. The molecule has 1 N–H and O–H groups in total. The molecule has 9 heteroatoms. The van der Waals surface area contributed by atoms with Crippen LogP contribution < -0.4 is 4.72 Å². The van der Waals surface area contributed by atoms with E-state index in [9.17, 15) is 13.2 Å². The van der Waals surface area contributed by atoms with E-state index in [4.69, 9.17) is 4.74 Å². The molecule has 2 aromatic carbocycles. The van der Waals surface area contributed by atoms with Crippen LogP contribution in [0.5, 0.6) is 0 Å². The molecule has 0 saturated heterocycles. The number of anilines is 1. The van der Waals surface area contributed by atoms with E-state index in [0.717, 1.165) is 43.5 Å². The second-order valence-electron chi connectivity index (χ2n) is 7.35. The molecule has 0 aliphatic heterocycles. The summed E-state index contributed by atoms with van der Waals surface area (Å²) in [6.07, 6.45) is 2.88. The predicted octanol–water partition coefficient (Wildman–Crippen LogP) is 4.58. The van der Waals surface area contributed by atoms with Crippen LogP contribution in [0.4, 0.5) is 5.69 Å². The Balaban J connectivity index is 1.87. The first-order valence-corrected chi connectivity index (χ1v) is 12.8. The van der Waals surface area contributed by atoms with Gasteiger partial charge in [-0.15, -0.1) is 0 Å². The highest BCUT2D eigenvalue weighted by molar-refractivity contribution is 7.99. The molecule has 0 fully saturated rings. The molecule has 4 aromatic rings. The highest BCUT2D eigenvalue weighted by Gasteiger charge is 2.19. The van der Waals surface area contributed by atoms with Gasteiger partial charge in [-0.25, -0.2) is 8.42 Å². The standard InChI is InChI=1S/C23H23N3O4S2/c1-4-30-21(27)14-26-15(2)23(18-13-17(10-11-19(18)26)25-32(3,28)29)31-20-9-5-7-16-8-6-12-24-22(16)20/h5-13,25H,4,14H2,1-3H3. The summed E-state index contributed by atoms with van der Waals surface area (Å²) in [6, 6.07) is 15.2. The number of fused-ring (bicyclic) bond motifs is 2. The fourth-order valence-corrected chi connectivity index (χ4v) is 5.39. The normalized spacial score (nSPS) is 11.7. The van der Waals surface area contributed by atoms with E-state index in [-0.39, 0.29) is 12.5 Å². The van der Waals surface area contributed by atoms with Crippen molar-refractivity contribution >= 4 is 55.2 Å². The molecule has 7 nitrogen and oxygen atoms in total. The summed E-state index contributed by atoms with van der Waals surface area (Å²) in [5, 5.41) is 1.88. The molecule has 2 heterocycles. The lowest BCUT2D eigenvalue weighted by Gasteiger charge is -2.09. The molecule has 32 heavy (non-hydrogen) atoms. The van der Waals surface area contributed by atoms with E-state index in [2.05, 4.69) is 9.71 Å². The zero-order valence-electron chi connectivity index (χ0n) is 18.0. The minimum Gasteiger partial charge on any atom is -0.465 e. The summed E-state index contributed by atoms with van der Waals surface area (Å²) < 4.78 is 33.1. The molecular weight excluding hydrogens is 446 g/mol. The number of rotatable bonds is 7. The maximum Gasteiger partial charge on any atom is 0.325 e. The van der Waals surface area contributed by atoms with Gasteiger partial charge in [0.2, 0.25) is 10.0 Å². The monoisotopic (exact) mass is 469 g/mol. The number of para-hydroxylation sites is 1. The number of ether oxygens (including phenoxy) is 1. The van der Waals surface area contributed by atoms with E-state index in [0.29, 0.717) is 12.3 Å². The summed E-state index contributed by atoms with van der Waals surface area (Å²) in [7, 11) is -3.42. The van der Waals surface area contributed by atoms with Crippen LogP contribution >= 0.6 is 11.8 Å². The number of sulfonamides is 1. The maximum atomic E-state index is 12.3. The number of hydrogen-bond donors (Lipinski definition) is 1. The van der Waals surface area contributed by atoms with Gasteiger partial charge in [-0.2, -0.15) is 0 Å². The van der Waals surface area contributed by atoms with Gasteiger partial charge in [-0.05, 0) is 44.2 Å². The molecule has 0 unspecified atom stereocenters. The van der Waals surface area contributed by atoms with Crippen molar-refractivity contribution in [2.45, 2.75) is 30.2 Å². The van der Waals surface area contributed by atoms with Crippen LogP contribution in [0.1, 0.15) is 12.6 Å². The van der Waals surface area contributed by atoms with E-state index in [1.54, 1.807) is 37.0 Å². The third kappa shape index (κ3) is 4.58. The molecule has 0 aliphatic rings. The largest absolute Gasteiger partial charge is 0.465 e. The molecule has 0 atom stereocenters. The van der Waals surface area contributed by atoms with Crippen LogP contribution in [0.15, 0.2) is 64.5 Å². The number of aromatic nitrogens is 2. The smallest absolute Gasteiger partial charge is 0.325 e. The second-order valence-corrected chi connectivity index (χ2v) is 10.1. The number of carbonyl (C=O) groups excluding carboxylic acids is 1. The van der Waals surface area contributed by atoms with Gasteiger partial charge in [0, 0.05) is 38.1 Å². The highest BCUT2D eigenvalue weighted by Crippen LogP contribution is 2.41. The SMILES string of the molecule is CCOC(=O)Cn1c(C)c(Sc2cccc3cccnc23)c2cc(NS(C)(=O)=O)ccc21. The maximum absolute atomic E-state index is 12.3. The lowest BCUT2D eigenvalue weighted by Crippen LogP contribution is -2.14. The van der Waals surface area contributed by atoms with Crippen molar-refractivity contribution in [2.75, 3.05) is 17.6 Å². The molecular formula is C23H23N3O4S2. The second kappa shape index (κ2) is 8.84. The topological polar surface area (TPSA) is 90.3 Å². The Kier molecular flexibility index (Phi) is 6.12. The molecule has 0 aliphatic carbocycles. The number of hydrogen-bond acceptors (Lipinski definition) is 6. The molecule has 166 valence electrons. The van der Waals surface area contributed by atoms with Gasteiger partial charge in [-0.1, -0.05) is 30.0 Å². The van der Waals surface area contributed by atoms with Gasteiger partial charge in [-0.3, -0.25) is 14.5 Å². The highest BCUT2D eigenvalue weighted by atomic mass is 32.2. The molecule has 0 bridgehead atoms. The first-order valence-electron chi connectivity index (χ1n) is 10.0. The van der Waals surface area contributed by atoms with Crippen molar-refractivity contribution in [3.05, 3.63) is 60.4 Å². The Morgan fingerprint density at radius 3 is 2.72 bits per heavy atom. The van der Waals surface area contributed by atoms with Crippen molar-refractivity contribution < 1.29 is 17.9 Å². The van der Waals surface area contributed by atoms with Gasteiger partial charge in [0.05, 0.1) is 23.9 Å². The summed E-state index contributed by atoms with van der Waals surface area (Å²) in [6.45, 7) is 4.10. The molecule has 2 aromatic heterocycles. The summed E-state index contributed by atoms with van der Waals surface area (Å²) in [5.41, 5.74) is 3.06. The van der Waals surface area contributed by atoms with Gasteiger partial charge >= 0.3 is 5.97 Å². The van der Waals surface area contributed by atoms with E-state index >= 15 is 0 Å². The zero-order valence-corrected chi connectivity index (χ0v) is 19.6. The van der Waals surface area contributed by atoms with Crippen LogP contribution in [0.2, 0.25) is 0 Å². The molecule has 0 saturated carbocycles. The Morgan fingerprint density at radius 2 is 1.97 bits per heavy atom. The first-order chi connectivity index (χ1) is 15.3. The fraction of sp³-hybridized carbons (Fsp3) is 0.217. The lowest BCUT2D eigenvalue weighted by molar-refractivity contribution is -0.143. The van der Waals surface area contributed by atoms with Crippen LogP contribution in [0.3, 0.4) is 0 Å². The van der Waals surface area contributed by atoms with E-state index < -0.39 is 10.0 Å². The molecule has 0 amide bonds. The van der Waals surface area contributed by atoms with E-state index in [1.165, 1.54) is 0 Å². The quantitative estimate of drug-likeness (QED) is 0.398. The lowest BCUT2D eigenvalue weighted by atomic mass is 10.2. The first kappa shape index (κ1) is 22.2. The van der Waals surface area contributed by atoms with Crippen LogP contribution in [-0.2, 0) is 26.1 Å². The summed E-state index contributed by atoms with van der Waals surface area (Å²) in [4.78, 5) is 18.7. The van der Waals surface area contributed by atoms with Crippen molar-refractivity contribution in [1.29, 1.82) is 0 Å². The number of nitrogens with one attached hydrogen (secondary N) is 1. The van der Waals surface area contributed by atoms with E-state index in [1.807, 2.05) is 47.9 Å². The Morgan fingerprint density at radius 1 is 1.19 bits per heavy atom. The van der Waals surface area contributed by atoms with Crippen molar-refractivity contribution in [1.82, 2.24) is 9.55 Å². The zero-order chi connectivity index (χ0) is 22.9. The molecule has 4 rings (SSSR count). The molecule has 0 spiro atoms. The number of nitrogens with zero attached hydrogens (tertiary/aromatic N) is 2. The van der Waals surface area contributed by atoms with Crippen molar-refractivity contribution in [3.8, 4) is 0 Å². The van der Waals surface area contributed by atoms with Crippen molar-refractivity contribution in [3.63, 3.8) is 0 Å². The third-order valence-electron chi connectivity index (χ3n) is 4.97. The number of benzene rings is 2.